The van der Waals surface area contributed by atoms with E-state index in [0.29, 0.717) is 28.7 Å². The summed E-state index contributed by atoms with van der Waals surface area (Å²) in [6.45, 7) is 6.45. The summed E-state index contributed by atoms with van der Waals surface area (Å²) >= 11 is 0. The number of benzene rings is 1. The summed E-state index contributed by atoms with van der Waals surface area (Å²) in [7, 11) is 0. The van der Waals surface area contributed by atoms with Crippen molar-refractivity contribution in [3.05, 3.63) is 53.9 Å². The Balaban J connectivity index is 0.00000245. The van der Waals surface area contributed by atoms with Crippen molar-refractivity contribution in [3.63, 3.8) is 0 Å². The van der Waals surface area contributed by atoms with Gasteiger partial charge in [0.1, 0.15) is 23.3 Å². The van der Waals surface area contributed by atoms with E-state index in [-0.39, 0.29) is 44.4 Å². The zero-order chi connectivity index (χ0) is 21.6. The van der Waals surface area contributed by atoms with Crippen LogP contribution < -0.4 is 4.74 Å². The molecule has 2 aromatic heterocycles. The molecule has 2 aliphatic rings. The molecule has 1 aromatic carbocycles. The Morgan fingerprint density at radius 2 is 2.03 bits per heavy atom. The molecule has 0 radical (unpaired) electrons. The van der Waals surface area contributed by atoms with E-state index in [0.717, 1.165) is 23.8 Å². The first-order valence-electron chi connectivity index (χ1n) is 10.8. The molecule has 0 unspecified atom stereocenters. The number of nitrogens with zero attached hydrogens (tertiary/aromatic N) is 3. The van der Waals surface area contributed by atoms with E-state index in [2.05, 4.69) is 29.9 Å². The number of phenolic OH excluding ortho intramolecular Hbond substituents is 1. The van der Waals surface area contributed by atoms with Gasteiger partial charge in [0.2, 0.25) is 5.88 Å². The van der Waals surface area contributed by atoms with Crippen molar-refractivity contribution in [3.8, 4) is 17.4 Å². The number of aromatic nitrogens is 2. The molecule has 6 nitrogen and oxygen atoms in total. The molecule has 1 N–H and O–H groups in total. The van der Waals surface area contributed by atoms with Gasteiger partial charge in [-0.1, -0.05) is 32.8 Å². The van der Waals surface area contributed by atoms with Gasteiger partial charge in [0.25, 0.3) is 0 Å². The second-order valence-corrected chi connectivity index (χ2v) is 9.16. The Kier molecular flexibility index (Phi) is 6.26. The fourth-order valence-corrected chi connectivity index (χ4v) is 4.59. The molecular formula is C25H26N3O3Pt-. The fraction of sp³-hybridized carbons (Fsp3) is 0.400. The Morgan fingerprint density at radius 3 is 2.88 bits per heavy atom. The van der Waals surface area contributed by atoms with Crippen molar-refractivity contribution in [2.75, 3.05) is 0 Å². The molecule has 1 fully saturated rings. The number of fused-ring (bicyclic) bond motifs is 2. The molecule has 1 saturated carbocycles. The summed E-state index contributed by atoms with van der Waals surface area (Å²) in [5, 5.41) is 11.1. The van der Waals surface area contributed by atoms with Crippen molar-refractivity contribution in [1.29, 1.82) is 0 Å². The number of aliphatic imine (C=N–C) groups is 1. The first-order chi connectivity index (χ1) is 14.9. The maximum atomic E-state index is 10.2. The van der Waals surface area contributed by atoms with Crippen LogP contribution in [0.1, 0.15) is 50.8 Å². The van der Waals surface area contributed by atoms with Gasteiger partial charge in [0.15, 0.2) is 0 Å². The van der Waals surface area contributed by atoms with Crippen LogP contribution >= 0.6 is 0 Å². The normalized spacial score (nSPS) is 21.7. The number of pyridine rings is 2. The van der Waals surface area contributed by atoms with Crippen LogP contribution in [0.15, 0.2) is 41.5 Å². The van der Waals surface area contributed by atoms with Crippen LogP contribution in [-0.4, -0.2) is 33.1 Å². The van der Waals surface area contributed by atoms with Crippen LogP contribution in [0.2, 0.25) is 0 Å². The molecule has 32 heavy (non-hydrogen) atoms. The van der Waals surface area contributed by atoms with Gasteiger partial charge in [-0.2, -0.15) is 0 Å². The van der Waals surface area contributed by atoms with Crippen LogP contribution in [-0.2, 0) is 25.8 Å². The summed E-state index contributed by atoms with van der Waals surface area (Å²) in [6, 6.07) is 12.4. The molecule has 1 aliphatic carbocycles. The largest absolute Gasteiger partial charge is 0.527 e. The topological polar surface area (TPSA) is 76.8 Å². The van der Waals surface area contributed by atoms with Gasteiger partial charge in [0.05, 0.1) is 6.04 Å². The predicted octanol–water partition coefficient (Wildman–Crippen LogP) is 5.35. The van der Waals surface area contributed by atoms with E-state index >= 15 is 0 Å². The van der Waals surface area contributed by atoms with E-state index in [1.54, 1.807) is 24.4 Å². The average Bonchev–Trinajstić information content (AvgIpc) is 3.12. The minimum Gasteiger partial charge on any atom is -0.527 e. The van der Waals surface area contributed by atoms with Crippen molar-refractivity contribution < 1.29 is 35.6 Å². The Morgan fingerprint density at radius 1 is 1.19 bits per heavy atom. The molecule has 5 rings (SSSR count). The fourth-order valence-electron chi connectivity index (χ4n) is 4.59. The number of hydrogen-bond donors (Lipinski definition) is 1. The van der Waals surface area contributed by atoms with E-state index in [4.69, 9.17) is 14.5 Å². The summed E-state index contributed by atoms with van der Waals surface area (Å²) in [6.07, 6.45) is 6.29. The second-order valence-electron chi connectivity index (χ2n) is 9.16. The molecule has 7 heteroatoms. The van der Waals surface area contributed by atoms with Crippen molar-refractivity contribution in [2.45, 2.75) is 58.6 Å². The number of ether oxygens (including phenoxy) is 2. The molecule has 0 amide bonds. The molecule has 0 saturated heterocycles. The minimum absolute atomic E-state index is 0. The molecular weight excluding hydrogens is 585 g/mol. The first-order valence-corrected chi connectivity index (χ1v) is 10.8. The van der Waals surface area contributed by atoms with Crippen LogP contribution in [0.5, 0.6) is 17.4 Å². The number of aryl methyl sites for hydroxylation is 1. The summed E-state index contributed by atoms with van der Waals surface area (Å²) in [5.74, 6) is 1.52. The van der Waals surface area contributed by atoms with Gasteiger partial charge < -0.3 is 19.6 Å². The number of hydrogen-bond acceptors (Lipinski definition) is 6. The Labute approximate surface area is 202 Å². The van der Waals surface area contributed by atoms with Gasteiger partial charge in [0, 0.05) is 49.4 Å². The summed E-state index contributed by atoms with van der Waals surface area (Å²) in [4.78, 5) is 13.7. The number of rotatable bonds is 3. The Bertz CT molecular complexity index is 1180. The van der Waals surface area contributed by atoms with Gasteiger partial charge in [-0.3, -0.25) is 4.98 Å². The van der Waals surface area contributed by atoms with Crippen molar-refractivity contribution in [2.24, 2.45) is 10.4 Å². The predicted molar refractivity (Wildman–Crippen MR) is 119 cm³/mol. The minimum atomic E-state index is 0. The molecule has 3 aromatic rings. The molecule has 3 heterocycles. The van der Waals surface area contributed by atoms with Crippen molar-refractivity contribution >= 4 is 16.8 Å². The van der Waals surface area contributed by atoms with Gasteiger partial charge in [-0.05, 0) is 49.7 Å². The summed E-state index contributed by atoms with van der Waals surface area (Å²) < 4.78 is 12.2. The van der Waals surface area contributed by atoms with Crippen LogP contribution in [0.3, 0.4) is 0 Å². The van der Waals surface area contributed by atoms with E-state index in [1.807, 2.05) is 19.1 Å². The maximum absolute atomic E-state index is 10.2. The first kappa shape index (κ1) is 22.7. The van der Waals surface area contributed by atoms with Gasteiger partial charge >= 0.3 is 0 Å². The van der Waals surface area contributed by atoms with E-state index in [1.165, 1.54) is 12.8 Å². The quantitative estimate of drug-likeness (QED) is 0.405. The van der Waals surface area contributed by atoms with E-state index < -0.39 is 0 Å². The van der Waals surface area contributed by atoms with Crippen LogP contribution in [0.25, 0.3) is 10.9 Å². The van der Waals surface area contributed by atoms with Crippen LogP contribution in [0.4, 0.5) is 0 Å². The molecule has 0 bridgehead atoms. The molecule has 0 spiro atoms. The summed E-state index contributed by atoms with van der Waals surface area (Å²) in [5.41, 5.74) is 2.10. The molecule has 1 aliphatic heterocycles. The maximum Gasteiger partial charge on any atom is 0.217 e. The SMILES string of the molecule is Cc1cc(O)c2nc(Oc3[c-]c(C4=N[C@H]5CCCCC(C)(C)[C@@H]5O4)ncc3)ccc2c1.[Pt]. The smallest absolute Gasteiger partial charge is 0.217 e. The third kappa shape index (κ3) is 4.38. The van der Waals surface area contributed by atoms with Gasteiger partial charge in [-0.25, -0.2) is 4.98 Å². The van der Waals surface area contributed by atoms with Crippen LogP contribution in [0, 0.1) is 18.4 Å². The number of phenols is 1. The third-order valence-electron chi connectivity index (χ3n) is 6.19. The molecule has 170 valence electrons. The Hall–Kier alpha value is -2.46. The van der Waals surface area contributed by atoms with Crippen molar-refractivity contribution in [1.82, 2.24) is 9.97 Å². The average molecular weight is 612 g/mol. The zero-order valence-electron chi connectivity index (χ0n) is 18.4. The molecule has 2 atom stereocenters. The number of aromatic hydroxyl groups is 1. The monoisotopic (exact) mass is 611 g/mol. The standard InChI is InChI=1S/C25H26N3O3.Pt/c1-15-12-16-7-8-21(28-22(16)20(29)13-15)30-17-9-11-26-19(14-17)24-27-18-6-4-5-10-25(2,3)23(18)31-24;/h7-9,11-13,18,23,29H,4-6,10H2,1-3H3;/q-1;/t18-,23+;/m0./s1. The third-order valence-corrected chi connectivity index (χ3v) is 6.19. The van der Waals surface area contributed by atoms with Gasteiger partial charge in [-0.15, -0.1) is 6.07 Å². The van der Waals surface area contributed by atoms with E-state index in [9.17, 15) is 5.11 Å². The zero-order valence-corrected chi connectivity index (χ0v) is 20.6. The second kappa shape index (κ2) is 8.82.